The monoisotopic (exact) mass is 329 g/mol. The molecule has 2 nitrogen and oxygen atoms in total. The number of nitrogens with one attached hydrogen (secondary N) is 1. The van der Waals surface area contributed by atoms with Crippen LogP contribution in [0.25, 0.3) is 11.3 Å². The second-order valence-corrected chi connectivity index (χ2v) is 5.66. The molecule has 0 radical (unpaired) electrons. The molecule has 0 amide bonds. The molecule has 0 bridgehead atoms. The highest BCUT2D eigenvalue weighted by atomic mass is 35.5. The van der Waals surface area contributed by atoms with E-state index in [0.29, 0.717) is 6.04 Å². The molecule has 1 N–H and O–H groups in total. The molecule has 0 aliphatic heterocycles. The number of rotatable bonds is 4. The predicted molar refractivity (Wildman–Crippen MR) is 85.5 cm³/mol. The van der Waals surface area contributed by atoms with Crippen molar-refractivity contribution < 1.29 is 8.81 Å². The van der Waals surface area contributed by atoms with Crippen LogP contribution in [-0.4, -0.2) is 6.04 Å². The lowest BCUT2D eigenvalue weighted by Gasteiger charge is -2.09. The van der Waals surface area contributed by atoms with E-state index in [1.54, 1.807) is 12.1 Å². The summed E-state index contributed by atoms with van der Waals surface area (Å²) in [5.41, 5.74) is 0.795. The highest BCUT2D eigenvalue weighted by Gasteiger charge is 2.15. The fourth-order valence-corrected chi connectivity index (χ4v) is 2.83. The summed E-state index contributed by atoms with van der Waals surface area (Å²) in [5, 5.41) is 3.62. The summed E-state index contributed by atoms with van der Waals surface area (Å²) >= 11 is 5.79. The molecule has 0 atom stereocenters. The molecule has 5 heteroatoms. The maximum absolute atomic E-state index is 13.1. The van der Waals surface area contributed by atoms with E-state index in [9.17, 15) is 4.39 Å². The van der Waals surface area contributed by atoms with Crippen molar-refractivity contribution in [2.75, 3.05) is 0 Å². The lowest BCUT2D eigenvalue weighted by Crippen LogP contribution is -2.24. The van der Waals surface area contributed by atoms with Gasteiger partial charge in [0.2, 0.25) is 0 Å². The molecule has 1 heterocycles. The molecule has 0 unspecified atom stereocenters. The summed E-state index contributed by atoms with van der Waals surface area (Å²) < 4.78 is 18.9. The summed E-state index contributed by atoms with van der Waals surface area (Å²) in [7, 11) is 0. The van der Waals surface area contributed by atoms with E-state index >= 15 is 0 Å². The maximum Gasteiger partial charge on any atom is 0.141 e. The van der Waals surface area contributed by atoms with Gasteiger partial charge in [0, 0.05) is 11.6 Å². The molecule has 3 rings (SSSR count). The van der Waals surface area contributed by atoms with Crippen LogP contribution in [-0.2, 0) is 6.54 Å². The lowest BCUT2D eigenvalue weighted by molar-refractivity contribution is 0.452. The molecule has 0 spiro atoms. The average molecular weight is 330 g/mol. The van der Waals surface area contributed by atoms with Crippen LogP contribution in [0.3, 0.4) is 0 Å². The molecule has 1 aliphatic rings. The summed E-state index contributed by atoms with van der Waals surface area (Å²) in [6.45, 7) is 0.736. The zero-order chi connectivity index (χ0) is 13.9. The quantitative estimate of drug-likeness (QED) is 0.834. The summed E-state index contributed by atoms with van der Waals surface area (Å²) in [6, 6.07) is 9.09. The number of halogens is 3. The smallest absolute Gasteiger partial charge is 0.141 e. The molecule has 2 aromatic rings. The second kappa shape index (κ2) is 7.30. The molecule has 114 valence electrons. The van der Waals surface area contributed by atoms with Crippen molar-refractivity contribution in [3.8, 4) is 11.3 Å². The van der Waals surface area contributed by atoms with Crippen molar-refractivity contribution >= 4 is 24.0 Å². The Balaban J connectivity index is 0.00000161. The van der Waals surface area contributed by atoms with Gasteiger partial charge in [-0.2, -0.15) is 0 Å². The molecule has 1 aromatic heterocycles. The summed E-state index contributed by atoms with van der Waals surface area (Å²) in [5.74, 6) is 1.20. The summed E-state index contributed by atoms with van der Waals surface area (Å²) in [6.07, 6.45) is 5.13. The Hall–Kier alpha value is -1.03. The van der Waals surface area contributed by atoms with Crippen LogP contribution >= 0.6 is 24.0 Å². The predicted octanol–water partition coefficient (Wildman–Crippen LogP) is 5.19. The lowest BCUT2D eigenvalue weighted by atomic mass is 10.2. The average Bonchev–Trinajstić information content (AvgIpc) is 3.10. The Labute approximate surface area is 135 Å². The minimum atomic E-state index is -0.412. The maximum atomic E-state index is 13.1. The molecule has 1 saturated carbocycles. The van der Waals surface area contributed by atoms with Gasteiger partial charge in [-0.1, -0.05) is 24.4 Å². The van der Waals surface area contributed by atoms with E-state index in [-0.39, 0.29) is 17.4 Å². The van der Waals surface area contributed by atoms with Gasteiger partial charge in [-0.3, -0.25) is 0 Å². The van der Waals surface area contributed by atoms with Gasteiger partial charge in [0.25, 0.3) is 0 Å². The van der Waals surface area contributed by atoms with E-state index in [2.05, 4.69) is 5.32 Å². The van der Waals surface area contributed by atoms with Crippen LogP contribution in [0.5, 0.6) is 0 Å². The first-order valence-electron chi connectivity index (χ1n) is 7.00. The van der Waals surface area contributed by atoms with Gasteiger partial charge in [-0.15, -0.1) is 12.4 Å². The third-order valence-electron chi connectivity index (χ3n) is 3.79. The van der Waals surface area contributed by atoms with Crippen molar-refractivity contribution in [2.24, 2.45) is 0 Å². The highest BCUT2D eigenvalue weighted by molar-refractivity contribution is 6.31. The van der Waals surface area contributed by atoms with Crippen LogP contribution in [0.4, 0.5) is 4.39 Å². The van der Waals surface area contributed by atoms with Gasteiger partial charge in [0.05, 0.1) is 11.6 Å². The topological polar surface area (TPSA) is 25.2 Å². The Morgan fingerprint density at radius 1 is 1.19 bits per heavy atom. The second-order valence-electron chi connectivity index (χ2n) is 5.26. The third-order valence-corrected chi connectivity index (χ3v) is 4.08. The molecule has 1 aromatic carbocycles. The Bertz CT molecular complexity index is 594. The minimum absolute atomic E-state index is 0. The van der Waals surface area contributed by atoms with E-state index in [0.717, 1.165) is 23.6 Å². The summed E-state index contributed by atoms with van der Waals surface area (Å²) in [4.78, 5) is 0. The number of benzene rings is 1. The van der Waals surface area contributed by atoms with Gasteiger partial charge in [0.15, 0.2) is 0 Å². The molecule has 21 heavy (non-hydrogen) atoms. The zero-order valence-electron chi connectivity index (χ0n) is 11.6. The first-order chi connectivity index (χ1) is 9.72. The normalized spacial score (nSPS) is 15.1. The van der Waals surface area contributed by atoms with Crippen LogP contribution in [0.15, 0.2) is 34.7 Å². The van der Waals surface area contributed by atoms with Crippen LogP contribution < -0.4 is 5.32 Å². The molecule has 0 saturated heterocycles. The van der Waals surface area contributed by atoms with Crippen molar-refractivity contribution in [2.45, 2.75) is 38.3 Å². The van der Waals surface area contributed by atoms with Gasteiger partial charge in [-0.05, 0) is 43.2 Å². The van der Waals surface area contributed by atoms with Crippen molar-refractivity contribution in [3.63, 3.8) is 0 Å². The largest absolute Gasteiger partial charge is 0.460 e. The minimum Gasteiger partial charge on any atom is -0.460 e. The van der Waals surface area contributed by atoms with Gasteiger partial charge in [-0.25, -0.2) is 4.39 Å². The number of hydrogen-bond donors (Lipinski definition) is 1. The van der Waals surface area contributed by atoms with E-state index in [1.807, 2.05) is 12.1 Å². The SMILES string of the molecule is Cl.Fc1ccc(-c2ccc(CNC3CCCC3)o2)cc1Cl. The van der Waals surface area contributed by atoms with Crippen LogP contribution in [0.1, 0.15) is 31.4 Å². The van der Waals surface area contributed by atoms with Crippen molar-refractivity contribution in [3.05, 3.63) is 46.9 Å². The first kappa shape index (κ1) is 16.3. The standard InChI is InChI=1S/C16H17ClFNO.ClH/c17-14-9-11(5-7-15(14)18)16-8-6-13(20-16)10-19-12-3-1-2-4-12;/h5-9,12,19H,1-4,10H2;1H. The number of hydrogen-bond acceptors (Lipinski definition) is 2. The zero-order valence-corrected chi connectivity index (χ0v) is 13.1. The van der Waals surface area contributed by atoms with Gasteiger partial charge in [0.1, 0.15) is 17.3 Å². The first-order valence-corrected chi connectivity index (χ1v) is 7.38. The molecule has 1 aliphatic carbocycles. The van der Waals surface area contributed by atoms with E-state index in [1.165, 1.54) is 31.7 Å². The molecular formula is C16H18Cl2FNO. The van der Waals surface area contributed by atoms with E-state index in [4.69, 9.17) is 16.0 Å². The highest BCUT2D eigenvalue weighted by Crippen LogP contribution is 2.27. The van der Waals surface area contributed by atoms with Gasteiger partial charge < -0.3 is 9.73 Å². The van der Waals surface area contributed by atoms with Crippen LogP contribution in [0.2, 0.25) is 5.02 Å². The Kier molecular flexibility index (Phi) is 5.68. The molecule has 1 fully saturated rings. The fourth-order valence-electron chi connectivity index (χ4n) is 2.65. The molecular weight excluding hydrogens is 312 g/mol. The third kappa shape index (κ3) is 4.00. The van der Waals surface area contributed by atoms with Crippen LogP contribution in [0, 0.1) is 5.82 Å². The van der Waals surface area contributed by atoms with E-state index < -0.39 is 5.82 Å². The Morgan fingerprint density at radius 3 is 2.67 bits per heavy atom. The Morgan fingerprint density at radius 2 is 1.95 bits per heavy atom. The van der Waals surface area contributed by atoms with Gasteiger partial charge >= 0.3 is 0 Å². The fraction of sp³-hybridized carbons (Fsp3) is 0.375. The van der Waals surface area contributed by atoms with Crippen molar-refractivity contribution in [1.29, 1.82) is 0 Å². The van der Waals surface area contributed by atoms with Crippen molar-refractivity contribution in [1.82, 2.24) is 5.32 Å². The number of furan rings is 1.